The molecule has 1 aliphatic rings. The molecule has 1 fully saturated rings. The third kappa shape index (κ3) is 2.60. The van der Waals surface area contributed by atoms with Crippen LogP contribution < -0.4 is 5.46 Å². The molecule has 2 aromatic rings. The predicted molar refractivity (Wildman–Crippen MR) is 92.3 cm³/mol. The quantitative estimate of drug-likeness (QED) is 0.780. The van der Waals surface area contributed by atoms with Crippen molar-refractivity contribution in [2.45, 2.75) is 45.8 Å². The van der Waals surface area contributed by atoms with Crippen LogP contribution in [0.3, 0.4) is 0 Å². The Morgan fingerprint density at radius 1 is 0.773 bits per heavy atom. The smallest absolute Gasteiger partial charge is 0.399 e. The molecule has 0 saturated carbocycles. The summed E-state index contributed by atoms with van der Waals surface area (Å²) < 4.78 is 12.4. The summed E-state index contributed by atoms with van der Waals surface area (Å²) in [5.74, 6) is 0. The zero-order valence-electron chi connectivity index (χ0n) is 14.0. The minimum absolute atomic E-state index is 0.311. The molecule has 3 heteroatoms. The molecule has 0 aromatic heterocycles. The van der Waals surface area contributed by atoms with E-state index in [1.54, 1.807) is 0 Å². The van der Waals surface area contributed by atoms with Crippen LogP contribution in [0.5, 0.6) is 0 Å². The van der Waals surface area contributed by atoms with E-state index < -0.39 is 0 Å². The molecular weight excluding hydrogens is 271 g/mol. The summed E-state index contributed by atoms with van der Waals surface area (Å²) in [5, 5.41) is 0. The average molecular weight is 294 g/mol. The van der Waals surface area contributed by atoms with Gasteiger partial charge in [-0.05, 0) is 51.2 Å². The molecule has 2 aromatic carbocycles. The molecule has 0 bridgehead atoms. The van der Waals surface area contributed by atoms with Gasteiger partial charge in [0.1, 0.15) is 0 Å². The number of hydrogen-bond donors (Lipinski definition) is 0. The Kier molecular flexibility index (Phi) is 3.66. The topological polar surface area (TPSA) is 18.5 Å². The van der Waals surface area contributed by atoms with Crippen molar-refractivity contribution in [1.29, 1.82) is 0 Å². The molecule has 0 radical (unpaired) electrons. The highest BCUT2D eigenvalue weighted by atomic mass is 16.7. The first-order chi connectivity index (χ1) is 10.3. The summed E-state index contributed by atoms with van der Waals surface area (Å²) in [6.07, 6.45) is 0. The maximum atomic E-state index is 6.20. The van der Waals surface area contributed by atoms with E-state index >= 15 is 0 Å². The predicted octanol–water partition coefficient (Wildman–Crippen LogP) is 3.96. The lowest BCUT2D eigenvalue weighted by molar-refractivity contribution is 0.00578. The van der Waals surface area contributed by atoms with Gasteiger partial charge in [0.25, 0.3) is 0 Å². The van der Waals surface area contributed by atoms with Gasteiger partial charge in [-0.3, -0.25) is 0 Å². The van der Waals surface area contributed by atoms with Gasteiger partial charge in [0.2, 0.25) is 0 Å². The molecule has 0 amide bonds. The summed E-state index contributed by atoms with van der Waals surface area (Å²) in [6.45, 7) is 10.5. The maximum Gasteiger partial charge on any atom is 0.495 e. The van der Waals surface area contributed by atoms with Crippen molar-refractivity contribution < 1.29 is 9.31 Å². The second kappa shape index (κ2) is 5.25. The lowest BCUT2D eigenvalue weighted by Gasteiger charge is -2.32. The minimum Gasteiger partial charge on any atom is -0.399 e. The van der Waals surface area contributed by atoms with Gasteiger partial charge in [0.15, 0.2) is 0 Å². The van der Waals surface area contributed by atoms with E-state index in [1.807, 2.05) is 6.07 Å². The normalized spacial score (nSPS) is 19.4. The second-order valence-electron chi connectivity index (χ2n) is 7.03. The summed E-state index contributed by atoms with van der Waals surface area (Å²) in [5.41, 5.74) is 4.08. The molecule has 1 aliphatic heterocycles. The summed E-state index contributed by atoms with van der Waals surface area (Å²) in [7, 11) is -0.311. The summed E-state index contributed by atoms with van der Waals surface area (Å²) >= 11 is 0. The highest BCUT2D eigenvalue weighted by molar-refractivity contribution is 6.62. The molecule has 0 aliphatic carbocycles. The highest BCUT2D eigenvalue weighted by Crippen LogP contribution is 2.37. The largest absolute Gasteiger partial charge is 0.495 e. The second-order valence-corrected chi connectivity index (χ2v) is 7.03. The van der Waals surface area contributed by atoms with Gasteiger partial charge in [-0.25, -0.2) is 0 Å². The van der Waals surface area contributed by atoms with E-state index in [0.717, 1.165) is 5.46 Å². The van der Waals surface area contributed by atoms with Crippen molar-refractivity contribution in [3.63, 3.8) is 0 Å². The fourth-order valence-corrected chi connectivity index (χ4v) is 2.67. The van der Waals surface area contributed by atoms with Crippen molar-refractivity contribution in [2.24, 2.45) is 0 Å². The average Bonchev–Trinajstić information content (AvgIpc) is 2.69. The fraction of sp³-hybridized carbons (Fsp3) is 0.368. The maximum absolute atomic E-state index is 6.20. The Balaban J connectivity index is 1.99. The van der Waals surface area contributed by atoms with Gasteiger partial charge in [-0.15, -0.1) is 0 Å². The molecule has 22 heavy (non-hydrogen) atoms. The van der Waals surface area contributed by atoms with Crippen molar-refractivity contribution in [1.82, 2.24) is 0 Å². The number of benzene rings is 2. The van der Waals surface area contributed by atoms with Crippen LogP contribution in [0.2, 0.25) is 0 Å². The van der Waals surface area contributed by atoms with Crippen molar-refractivity contribution in [3.8, 4) is 11.1 Å². The van der Waals surface area contributed by atoms with Gasteiger partial charge in [0, 0.05) is 0 Å². The molecule has 1 heterocycles. The van der Waals surface area contributed by atoms with Gasteiger partial charge in [-0.1, -0.05) is 54.1 Å². The monoisotopic (exact) mass is 294 g/mol. The first kappa shape index (κ1) is 15.3. The summed E-state index contributed by atoms with van der Waals surface area (Å²) in [6, 6.07) is 16.9. The van der Waals surface area contributed by atoms with E-state index in [1.165, 1.54) is 16.7 Å². The zero-order chi connectivity index (χ0) is 16.0. The van der Waals surface area contributed by atoms with Crippen LogP contribution in [0.4, 0.5) is 0 Å². The Bertz CT molecular complexity index is 661. The summed E-state index contributed by atoms with van der Waals surface area (Å²) in [4.78, 5) is 0. The standard InChI is InChI=1S/C19H23BO2/c1-14-11-12-16(15-9-7-6-8-10-15)13-17(14)20-21-18(2,3)19(4,5)22-20/h6-13H,1-5H3. The van der Waals surface area contributed by atoms with Crippen LogP contribution in [0, 0.1) is 6.92 Å². The van der Waals surface area contributed by atoms with Crippen molar-refractivity contribution >= 4 is 12.6 Å². The molecule has 0 atom stereocenters. The molecule has 1 saturated heterocycles. The van der Waals surface area contributed by atoms with E-state index in [9.17, 15) is 0 Å². The molecule has 2 nitrogen and oxygen atoms in total. The van der Waals surface area contributed by atoms with Crippen LogP contribution in [0.15, 0.2) is 48.5 Å². The Hall–Kier alpha value is -1.58. The third-order valence-electron chi connectivity index (χ3n) is 4.89. The van der Waals surface area contributed by atoms with Crippen LogP contribution >= 0.6 is 0 Å². The number of rotatable bonds is 2. The zero-order valence-corrected chi connectivity index (χ0v) is 14.0. The minimum atomic E-state index is -0.313. The van der Waals surface area contributed by atoms with E-state index in [4.69, 9.17) is 9.31 Å². The first-order valence-electron chi connectivity index (χ1n) is 7.82. The van der Waals surface area contributed by atoms with Crippen LogP contribution in [-0.2, 0) is 9.31 Å². The van der Waals surface area contributed by atoms with Crippen LogP contribution in [-0.4, -0.2) is 18.3 Å². The fourth-order valence-electron chi connectivity index (χ4n) is 2.67. The first-order valence-corrected chi connectivity index (χ1v) is 7.82. The molecule has 3 rings (SSSR count). The van der Waals surface area contributed by atoms with Gasteiger partial charge in [0.05, 0.1) is 11.2 Å². The van der Waals surface area contributed by atoms with E-state index in [2.05, 4.69) is 77.1 Å². The highest BCUT2D eigenvalue weighted by Gasteiger charge is 2.52. The molecule has 0 N–H and O–H groups in total. The van der Waals surface area contributed by atoms with E-state index in [-0.39, 0.29) is 18.3 Å². The van der Waals surface area contributed by atoms with Crippen molar-refractivity contribution in [3.05, 3.63) is 54.1 Å². The van der Waals surface area contributed by atoms with Gasteiger partial charge in [-0.2, -0.15) is 0 Å². The molecular formula is C19H23BO2. The van der Waals surface area contributed by atoms with Gasteiger partial charge >= 0.3 is 7.12 Å². The number of hydrogen-bond acceptors (Lipinski definition) is 2. The molecule has 0 spiro atoms. The van der Waals surface area contributed by atoms with Crippen LogP contribution in [0.25, 0.3) is 11.1 Å². The molecule has 114 valence electrons. The van der Waals surface area contributed by atoms with E-state index in [0.29, 0.717) is 0 Å². The Labute approximate surface area is 133 Å². The lowest BCUT2D eigenvalue weighted by Crippen LogP contribution is -2.41. The SMILES string of the molecule is Cc1ccc(-c2ccccc2)cc1B1OC(C)(C)C(C)(C)O1. The lowest BCUT2D eigenvalue weighted by atomic mass is 9.75. The Morgan fingerprint density at radius 3 is 1.95 bits per heavy atom. The van der Waals surface area contributed by atoms with Crippen LogP contribution in [0.1, 0.15) is 33.3 Å². The third-order valence-corrected chi connectivity index (χ3v) is 4.89. The van der Waals surface area contributed by atoms with Gasteiger partial charge < -0.3 is 9.31 Å². The molecule has 0 unspecified atom stereocenters. The Morgan fingerprint density at radius 2 is 1.36 bits per heavy atom. The van der Waals surface area contributed by atoms with Crippen molar-refractivity contribution in [2.75, 3.05) is 0 Å². The number of aryl methyl sites for hydroxylation is 1.